The van der Waals surface area contributed by atoms with Gasteiger partial charge in [0.1, 0.15) is 17.2 Å². The standard InChI is InChI=1S/C17H15FIN3O/c1-3-13-16(22-9-11(18)4-7-15(22)20-13)17(23)21-14-6-5-12(19)8-10(14)2/h4-9H,3H2,1-2H3,(H,21,23). The van der Waals surface area contributed by atoms with Crippen LogP contribution >= 0.6 is 22.6 Å². The number of aryl methyl sites for hydroxylation is 2. The van der Waals surface area contributed by atoms with Gasteiger partial charge in [0.05, 0.1) is 5.69 Å². The van der Waals surface area contributed by atoms with Crippen LogP contribution in [0.1, 0.15) is 28.7 Å². The van der Waals surface area contributed by atoms with Gasteiger partial charge in [-0.15, -0.1) is 0 Å². The van der Waals surface area contributed by atoms with Gasteiger partial charge in [0, 0.05) is 15.5 Å². The minimum absolute atomic E-state index is 0.288. The molecule has 0 bridgehead atoms. The number of fused-ring (bicyclic) bond motifs is 1. The zero-order valence-corrected chi connectivity index (χ0v) is 14.9. The van der Waals surface area contributed by atoms with Crippen LogP contribution < -0.4 is 5.32 Å². The summed E-state index contributed by atoms with van der Waals surface area (Å²) < 4.78 is 16.2. The van der Waals surface area contributed by atoms with E-state index in [1.54, 1.807) is 6.07 Å². The number of imidazole rings is 1. The SMILES string of the molecule is CCc1nc2ccc(F)cn2c1C(=O)Nc1ccc(I)cc1C. The zero-order chi connectivity index (χ0) is 16.6. The summed E-state index contributed by atoms with van der Waals surface area (Å²) in [6.45, 7) is 3.86. The van der Waals surface area contributed by atoms with Gasteiger partial charge in [0.2, 0.25) is 0 Å². The van der Waals surface area contributed by atoms with Gasteiger partial charge in [0.25, 0.3) is 5.91 Å². The van der Waals surface area contributed by atoms with Gasteiger partial charge >= 0.3 is 0 Å². The van der Waals surface area contributed by atoms with Crippen LogP contribution in [0.4, 0.5) is 10.1 Å². The molecule has 118 valence electrons. The molecule has 0 aliphatic carbocycles. The minimum Gasteiger partial charge on any atom is -0.320 e. The number of hydrogen-bond donors (Lipinski definition) is 1. The number of rotatable bonds is 3. The predicted octanol–water partition coefficient (Wildman–Crippen LogP) is 4.20. The second-order valence-corrected chi connectivity index (χ2v) is 6.50. The number of aromatic nitrogens is 2. The molecule has 0 spiro atoms. The number of nitrogens with zero attached hydrogens (tertiary/aromatic N) is 2. The molecule has 23 heavy (non-hydrogen) atoms. The Kier molecular flexibility index (Phi) is 4.34. The van der Waals surface area contributed by atoms with Crippen molar-refractivity contribution < 1.29 is 9.18 Å². The summed E-state index contributed by atoms with van der Waals surface area (Å²) in [7, 11) is 0. The first-order chi connectivity index (χ1) is 11.0. The fourth-order valence-corrected chi connectivity index (χ4v) is 3.15. The topological polar surface area (TPSA) is 46.4 Å². The largest absolute Gasteiger partial charge is 0.320 e. The Balaban J connectivity index is 2.04. The van der Waals surface area contributed by atoms with E-state index in [1.807, 2.05) is 32.0 Å². The molecule has 1 aromatic carbocycles. The maximum Gasteiger partial charge on any atom is 0.274 e. The molecular weight excluding hydrogens is 408 g/mol. The highest BCUT2D eigenvalue weighted by atomic mass is 127. The van der Waals surface area contributed by atoms with Crippen LogP contribution in [0.5, 0.6) is 0 Å². The highest BCUT2D eigenvalue weighted by Crippen LogP contribution is 2.20. The number of nitrogens with one attached hydrogen (secondary N) is 1. The van der Waals surface area contributed by atoms with Gasteiger partial charge in [-0.05, 0) is 71.8 Å². The van der Waals surface area contributed by atoms with E-state index in [0.717, 1.165) is 14.8 Å². The van der Waals surface area contributed by atoms with Crippen LogP contribution in [0.25, 0.3) is 5.65 Å². The molecular formula is C17H15FIN3O. The van der Waals surface area contributed by atoms with Gasteiger partial charge in [-0.2, -0.15) is 0 Å². The minimum atomic E-state index is -0.406. The molecule has 0 unspecified atom stereocenters. The first kappa shape index (κ1) is 15.9. The summed E-state index contributed by atoms with van der Waals surface area (Å²) in [5, 5.41) is 2.90. The predicted molar refractivity (Wildman–Crippen MR) is 96.4 cm³/mol. The third-order valence-electron chi connectivity index (χ3n) is 3.64. The van der Waals surface area contributed by atoms with Crippen molar-refractivity contribution in [1.29, 1.82) is 0 Å². The van der Waals surface area contributed by atoms with Crippen molar-refractivity contribution in [2.75, 3.05) is 5.32 Å². The molecule has 6 heteroatoms. The molecule has 0 radical (unpaired) electrons. The average molecular weight is 423 g/mol. The number of amides is 1. The quantitative estimate of drug-likeness (QED) is 0.642. The molecule has 3 aromatic rings. The number of carbonyl (C=O) groups is 1. The fourth-order valence-electron chi connectivity index (χ4n) is 2.50. The zero-order valence-electron chi connectivity index (χ0n) is 12.7. The van der Waals surface area contributed by atoms with Gasteiger partial charge in [-0.25, -0.2) is 9.37 Å². The van der Waals surface area contributed by atoms with Crippen LogP contribution in [0, 0.1) is 16.3 Å². The second-order valence-electron chi connectivity index (χ2n) is 5.25. The van der Waals surface area contributed by atoms with Gasteiger partial charge in [-0.1, -0.05) is 6.92 Å². The number of anilines is 1. The molecule has 0 aliphatic heterocycles. The maximum atomic E-state index is 13.5. The molecule has 3 rings (SSSR count). The average Bonchev–Trinajstić information content (AvgIpc) is 2.87. The van der Waals surface area contributed by atoms with E-state index in [4.69, 9.17) is 0 Å². The van der Waals surface area contributed by atoms with Crippen LogP contribution in [0.2, 0.25) is 0 Å². The van der Waals surface area contributed by atoms with Crippen molar-refractivity contribution in [2.45, 2.75) is 20.3 Å². The van der Waals surface area contributed by atoms with Crippen LogP contribution in [-0.2, 0) is 6.42 Å². The molecule has 2 heterocycles. The van der Waals surface area contributed by atoms with Crippen molar-refractivity contribution in [3.63, 3.8) is 0 Å². The molecule has 1 N–H and O–H groups in total. The Bertz CT molecular complexity index is 904. The summed E-state index contributed by atoms with van der Waals surface area (Å²) >= 11 is 2.22. The van der Waals surface area contributed by atoms with E-state index in [1.165, 1.54) is 16.7 Å². The number of benzene rings is 1. The second kappa shape index (κ2) is 6.27. The van der Waals surface area contributed by atoms with Crippen LogP contribution in [0.3, 0.4) is 0 Å². The highest BCUT2D eigenvalue weighted by Gasteiger charge is 2.19. The first-order valence-electron chi connectivity index (χ1n) is 7.23. The molecule has 0 saturated heterocycles. The maximum absolute atomic E-state index is 13.5. The normalized spacial score (nSPS) is 11.0. The molecule has 2 aromatic heterocycles. The summed E-state index contributed by atoms with van der Waals surface area (Å²) in [4.78, 5) is 17.1. The summed E-state index contributed by atoms with van der Waals surface area (Å²) in [6.07, 6.45) is 1.88. The van der Waals surface area contributed by atoms with E-state index in [9.17, 15) is 9.18 Å². The number of halogens is 2. The van der Waals surface area contributed by atoms with E-state index in [-0.39, 0.29) is 5.91 Å². The molecule has 4 nitrogen and oxygen atoms in total. The van der Waals surface area contributed by atoms with Crippen LogP contribution in [0.15, 0.2) is 36.5 Å². The van der Waals surface area contributed by atoms with E-state index in [2.05, 4.69) is 32.9 Å². The lowest BCUT2D eigenvalue weighted by Crippen LogP contribution is -2.17. The Morgan fingerprint density at radius 2 is 2.13 bits per heavy atom. The fraction of sp³-hybridized carbons (Fsp3) is 0.176. The molecule has 0 aliphatic rings. The number of pyridine rings is 1. The van der Waals surface area contributed by atoms with Crippen molar-refractivity contribution in [2.24, 2.45) is 0 Å². The lowest BCUT2D eigenvalue weighted by Gasteiger charge is -2.09. The molecule has 1 amide bonds. The third kappa shape index (κ3) is 3.08. The lowest BCUT2D eigenvalue weighted by atomic mass is 10.2. The van der Waals surface area contributed by atoms with E-state index >= 15 is 0 Å². The Labute approximate surface area is 146 Å². The van der Waals surface area contributed by atoms with E-state index < -0.39 is 5.82 Å². The Morgan fingerprint density at radius 3 is 2.83 bits per heavy atom. The van der Waals surface area contributed by atoms with Crippen molar-refractivity contribution >= 4 is 39.8 Å². The Hall–Kier alpha value is -1.96. The van der Waals surface area contributed by atoms with E-state index in [0.29, 0.717) is 23.5 Å². The van der Waals surface area contributed by atoms with Gasteiger partial charge in [0.15, 0.2) is 0 Å². The van der Waals surface area contributed by atoms with Crippen LogP contribution in [-0.4, -0.2) is 15.3 Å². The lowest BCUT2D eigenvalue weighted by molar-refractivity contribution is 0.102. The van der Waals surface area contributed by atoms with Gasteiger partial charge in [-0.3, -0.25) is 9.20 Å². The third-order valence-corrected chi connectivity index (χ3v) is 4.31. The molecule has 0 atom stereocenters. The molecule has 0 saturated carbocycles. The number of carbonyl (C=O) groups excluding carboxylic acids is 1. The first-order valence-corrected chi connectivity index (χ1v) is 8.31. The monoisotopic (exact) mass is 423 g/mol. The number of hydrogen-bond acceptors (Lipinski definition) is 2. The van der Waals surface area contributed by atoms with Crippen molar-refractivity contribution in [3.8, 4) is 0 Å². The summed E-state index contributed by atoms with van der Waals surface area (Å²) in [5.74, 6) is -0.693. The highest BCUT2D eigenvalue weighted by molar-refractivity contribution is 14.1. The van der Waals surface area contributed by atoms with Crippen molar-refractivity contribution in [3.05, 3.63) is 62.9 Å². The summed E-state index contributed by atoms with van der Waals surface area (Å²) in [6, 6.07) is 8.70. The van der Waals surface area contributed by atoms with Crippen molar-refractivity contribution in [1.82, 2.24) is 9.38 Å². The van der Waals surface area contributed by atoms with Gasteiger partial charge < -0.3 is 5.32 Å². The molecule has 0 fully saturated rings. The summed E-state index contributed by atoms with van der Waals surface area (Å²) in [5.41, 5.74) is 3.30. The smallest absolute Gasteiger partial charge is 0.274 e. The Morgan fingerprint density at radius 1 is 1.35 bits per heavy atom.